The van der Waals surface area contributed by atoms with Crippen molar-refractivity contribution in [1.29, 1.82) is 0 Å². The van der Waals surface area contributed by atoms with Crippen LogP contribution < -0.4 is 4.72 Å². The maximum atomic E-state index is 12.3. The summed E-state index contributed by atoms with van der Waals surface area (Å²) in [5.74, 6) is 0. The number of sulfonamides is 1. The van der Waals surface area contributed by atoms with Gasteiger partial charge in [0.15, 0.2) is 5.13 Å². The van der Waals surface area contributed by atoms with Gasteiger partial charge >= 0.3 is 0 Å². The quantitative estimate of drug-likeness (QED) is 0.742. The van der Waals surface area contributed by atoms with Crippen molar-refractivity contribution in [3.05, 3.63) is 47.2 Å². The largest absolute Gasteiger partial charge is 0.263 e. The monoisotopic (exact) mass is 339 g/mol. The fraction of sp³-hybridized carbons (Fsp3) is 0.0769. The lowest BCUT2D eigenvalue weighted by Crippen LogP contribution is -2.12. The summed E-state index contributed by atoms with van der Waals surface area (Å²) in [6.45, 7) is 1.97. The number of thiazole rings is 1. The number of pyridine rings is 1. The second-order valence-corrected chi connectivity index (χ2v) is 7.51. The zero-order valence-corrected chi connectivity index (χ0v) is 13.3. The Morgan fingerprint density at radius 3 is 2.81 bits per heavy atom. The number of halogens is 1. The molecule has 0 bridgehead atoms. The van der Waals surface area contributed by atoms with Gasteiger partial charge in [0.1, 0.15) is 5.15 Å². The fourth-order valence-electron chi connectivity index (χ4n) is 1.80. The SMILES string of the molecule is Cc1ccc2nc(NS(=O)(=O)c3ccnc(Cl)c3)sc2c1. The van der Waals surface area contributed by atoms with Crippen molar-refractivity contribution in [1.82, 2.24) is 9.97 Å². The summed E-state index contributed by atoms with van der Waals surface area (Å²) in [4.78, 5) is 8.09. The molecule has 0 saturated heterocycles. The Kier molecular flexibility index (Phi) is 3.56. The summed E-state index contributed by atoms with van der Waals surface area (Å²) in [7, 11) is -3.72. The predicted octanol–water partition coefficient (Wildman–Crippen LogP) is 3.45. The van der Waals surface area contributed by atoms with Crippen LogP contribution in [0.1, 0.15) is 5.56 Å². The number of anilines is 1. The number of hydrogen-bond acceptors (Lipinski definition) is 5. The Labute approximate surface area is 130 Å². The molecule has 0 unspecified atom stereocenters. The lowest BCUT2D eigenvalue weighted by Gasteiger charge is -2.04. The summed E-state index contributed by atoms with van der Waals surface area (Å²) in [6, 6.07) is 8.44. The lowest BCUT2D eigenvalue weighted by atomic mass is 10.2. The number of rotatable bonds is 3. The van der Waals surface area contributed by atoms with E-state index in [1.807, 2.05) is 25.1 Å². The molecule has 8 heteroatoms. The van der Waals surface area contributed by atoms with Crippen molar-refractivity contribution in [2.24, 2.45) is 0 Å². The van der Waals surface area contributed by atoms with Crippen molar-refractivity contribution in [3.63, 3.8) is 0 Å². The predicted molar refractivity (Wildman–Crippen MR) is 84.4 cm³/mol. The summed E-state index contributed by atoms with van der Waals surface area (Å²) >= 11 is 7.01. The molecule has 21 heavy (non-hydrogen) atoms. The molecule has 1 aromatic carbocycles. The molecule has 0 atom stereocenters. The van der Waals surface area contributed by atoms with Gasteiger partial charge in [-0.3, -0.25) is 4.72 Å². The van der Waals surface area contributed by atoms with Gasteiger partial charge < -0.3 is 0 Å². The molecular weight excluding hydrogens is 330 g/mol. The number of fused-ring (bicyclic) bond motifs is 1. The van der Waals surface area contributed by atoms with E-state index < -0.39 is 10.0 Å². The van der Waals surface area contributed by atoms with Gasteiger partial charge in [0.05, 0.1) is 15.1 Å². The zero-order valence-electron chi connectivity index (χ0n) is 10.9. The van der Waals surface area contributed by atoms with Crippen LogP contribution in [0.4, 0.5) is 5.13 Å². The average molecular weight is 340 g/mol. The van der Waals surface area contributed by atoms with Gasteiger partial charge in [0.25, 0.3) is 10.0 Å². The van der Waals surface area contributed by atoms with Crippen molar-refractivity contribution < 1.29 is 8.42 Å². The van der Waals surface area contributed by atoms with Crippen LogP contribution in [0.2, 0.25) is 5.15 Å². The van der Waals surface area contributed by atoms with Gasteiger partial charge in [-0.1, -0.05) is 29.0 Å². The first-order chi connectivity index (χ1) is 9.94. The highest BCUT2D eigenvalue weighted by atomic mass is 35.5. The Bertz CT molecular complexity index is 922. The second-order valence-electron chi connectivity index (χ2n) is 4.41. The number of benzene rings is 1. The highest BCUT2D eigenvalue weighted by Gasteiger charge is 2.17. The van der Waals surface area contributed by atoms with E-state index in [0.717, 1.165) is 15.8 Å². The van der Waals surface area contributed by atoms with Crippen LogP contribution in [0.25, 0.3) is 10.2 Å². The van der Waals surface area contributed by atoms with Crippen LogP contribution in [-0.4, -0.2) is 18.4 Å². The molecule has 0 fully saturated rings. The van der Waals surface area contributed by atoms with Crippen LogP contribution in [0.5, 0.6) is 0 Å². The van der Waals surface area contributed by atoms with Gasteiger partial charge in [-0.05, 0) is 36.8 Å². The molecule has 0 aliphatic heterocycles. The van der Waals surface area contributed by atoms with E-state index in [4.69, 9.17) is 11.6 Å². The highest BCUT2D eigenvalue weighted by Crippen LogP contribution is 2.28. The lowest BCUT2D eigenvalue weighted by molar-refractivity contribution is 0.601. The molecular formula is C13H10ClN3O2S2. The van der Waals surface area contributed by atoms with E-state index in [1.54, 1.807) is 0 Å². The summed E-state index contributed by atoms with van der Waals surface area (Å²) < 4.78 is 27.9. The molecule has 0 aliphatic carbocycles. The number of hydrogen-bond donors (Lipinski definition) is 1. The smallest absolute Gasteiger partial charge is 0.255 e. The molecule has 2 aromatic heterocycles. The molecule has 0 saturated carbocycles. The molecule has 0 amide bonds. The average Bonchev–Trinajstić information content (AvgIpc) is 2.79. The van der Waals surface area contributed by atoms with Crippen LogP contribution >= 0.6 is 22.9 Å². The third-order valence-corrected chi connectivity index (χ3v) is 5.38. The third kappa shape index (κ3) is 2.99. The minimum absolute atomic E-state index is 0.0536. The van der Waals surface area contributed by atoms with E-state index in [2.05, 4.69) is 14.7 Å². The van der Waals surface area contributed by atoms with Gasteiger partial charge in [0, 0.05) is 6.20 Å². The van der Waals surface area contributed by atoms with Crippen LogP contribution in [-0.2, 0) is 10.0 Å². The van der Waals surface area contributed by atoms with Gasteiger partial charge in [-0.25, -0.2) is 18.4 Å². The van der Waals surface area contributed by atoms with Gasteiger partial charge in [-0.2, -0.15) is 0 Å². The summed E-state index contributed by atoms with van der Waals surface area (Å²) in [5, 5.41) is 0.446. The Morgan fingerprint density at radius 1 is 1.24 bits per heavy atom. The summed E-state index contributed by atoms with van der Waals surface area (Å²) in [6.07, 6.45) is 1.35. The van der Waals surface area contributed by atoms with Crippen molar-refractivity contribution in [2.45, 2.75) is 11.8 Å². The highest BCUT2D eigenvalue weighted by molar-refractivity contribution is 7.93. The molecule has 5 nitrogen and oxygen atoms in total. The first-order valence-corrected chi connectivity index (χ1v) is 8.63. The number of nitrogens with zero attached hydrogens (tertiary/aromatic N) is 2. The van der Waals surface area contributed by atoms with E-state index in [1.165, 1.54) is 29.7 Å². The normalized spacial score (nSPS) is 11.7. The van der Waals surface area contributed by atoms with Crippen LogP contribution in [0, 0.1) is 6.92 Å². The third-order valence-electron chi connectivity index (χ3n) is 2.77. The standard InChI is InChI=1S/C13H10ClN3O2S2/c1-8-2-3-10-11(6-8)20-13(16-10)17-21(18,19)9-4-5-15-12(14)7-9/h2-7H,1H3,(H,16,17). The molecule has 3 rings (SSSR count). The topological polar surface area (TPSA) is 72.0 Å². The van der Waals surface area contributed by atoms with E-state index in [9.17, 15) is 8.42 Å². The molecule has 0 aliphatic rings. The maximum Gasteiger partial charge on any atom is 0.263 e. The first kappa shape index (κ1) is 14.2. The Morgan fingerprint density at radius 2 is 2.05 bits per heavy atom. The Balaban J connectivity index is 1.97. The van der Waals surface area contributed by atoms with Crippen molar-refractivity contribution in [2.75, 3.05) is 4.72 Å². The summed E-state index contributed by atoms with van der Waals surface area (Å²) in [5.41, 5.74) is 1.86. The number of aromatic nitrogens is 2. The van der Waals surface area contributed by atoms with Gasteiger partial charge in [0.2, 0.25) is 0 Å². The van der Waals surface area contributed by atoms with Crippen molar-refractivity contribution in [3.8, 4) is 0 Å². The van der Waals surface area contributed by atoms with Crippen LogP contribution in [0.15, 0.2) is 41.4 Å². The molecule has 3 aromatic rings. The van der Waals surface area contributed by atoms with E-state index >= 15 is 0 Å². The zero-order chi connectivity index (χ0) is 15.0. The fourth-order valence-corrected chi connectivity index (χ4v) is 4.25. The van der Waals surface area contributed by atoms with Gasteiger partial charge in [-0.15, -0.1) is 0 Å². The van der Waals surface area contributed by atoms with Crippen molar-refractivity contribution >= 4 is 48.3 Å². The van der Waals surface area contributed by atoms with E-state index in [-0.39, 0.29) is 10.0 Å². The first-order valence-electron chi connectivity index (χ1n) is 5.96. The number of aryl methyl sites for hydroxylation is 1. The second kappa shape index (κ2) is 5.25. The minimum Gasteiger partial charge on any atom is -0.255 e. The maximum absolute atomic E-state index is 12.3. The molecule has 1 N–H and O–H groups in total. The minimum atomic E-state index is -3.72. The molecule has 108 valence electrons. The molecule has 2 heterocycles. The molecule has 0 spiro atoms. The molecule has 0 radical (unpaired) electrons. The van der Waals surface area contributed by atoms with E-state index in [0.29, 0.717) is 5.13 Å². The van der Waals surface area contributed by atoms with Crippen LogP contribution in [0.3, 0.4) is 0 Å². The number of nitrogens with one attached hydrogen (secondary N) is 1. The Hall–Kier alpha value is -1.70.